The first-order valence-corrected chi connectivity index (χ1v) is 8.53. The fraction of sp³-hybridized carbons (Fsp3) is 0.263. The van der Waals surface area contributed by atoms with E-state index in [9.17, 15) is 9.59 Å². The molecule has 2 N–H and O–H groups in total. The Labute approximate surface area is 152 Å². The molecule has 2 aromatic carbocycles. The molecule has 1 fully saturated rings. The summed E-state index contributed by atoms with van der Waals surface area (Å²) in [6.07, 6.45) is 0.282. The molecule has 5 nitrogen and oxygen atoms in total. The van der Waals surface area contributed by atoms with Gasteiger partial charge in [-0.2, -0.15) is 0 Å². The molecule has 130 valence electrons. The van der Waals surface area contributed by atoms with E-state index in [4.69, 9.17) is 17.3 Å². The Morgan fingerprint density at radius 2 is 1.64 bits per heavy atom. The van der Waals surface area contributed by atoms with Crippen molar-refractivity contribution in [3.63, 3.8) is 0 Å². The van der Waals surface area contributed by atoms with Crippen LogP contribution in [0.15, 0.2) is 48.5 Å². The highest BCUT2D eigenvalue weighted by Crippen LogP contribution is 2.14. The third-order valence-corrected chi connectivity index (χ3v) is 4.55. The van der Waals surface area contributed by atoms with Gasteiger partial charge in [-0.3, -0.25) is 9.59 Å². The summed E-state index contributed by atoms with van der Waals surface area (Å²) in [7, 11) is 0. The number of hydrogen-bond donors (Lipinski definition) is 1. The number of carbonyl (C=O) groups excluding carboxylic acids is 2. The number of nitrogens with zero attached hydrogens (tertiary/aromatic N) is 2. The Morgan fingerprint density at radius 1 is 1.00 bits per heavy atom. The number of carbonyl (C=O) groups is 2. The van der Waals surface area contributed by atoms with E-state index >= 15 is 0 Å². The van der Waals surface area contributed by atoms with Crippen molar-refractivity contribution in [3.8, 4) is 0 Å². The van der Waals surface area contributed by atoms with Gasteiger partial charge < -0.3 is 15.5 Å². The molecule has 2 amide bonds. The van der Waals surface area contributed by atoms with E-state index in [2.05, 4.69) is 0 Å². The number of nitrogens with two attached hydrogens (primary N) is 1. The fourth-order valence-electron chi connectivity index (χ4n) is 2.82. The minimum atomic E-state index is -0.0377. The van der Waals surface area contributed by atoms with Crippen molar-refractivity contribution in [3.05, 3.63) is 64.7 Å². The lowest BCUT2D eigenvalue weighted by molar-refractivity contribution is -0.145. The summed E-state index contributed by atoms with van der Waals surface area (Å²) in [4.78, 5) is 28.2. The van der Waals surface area contributed by atoms with Gasteiger partial charge in [-0.25, -0.2) is 0 Å². The molecular formula is C19H20ClN3O2. The van der Waals surface area contributed by atoms with Crippen LogP contribution in [0.3, 0.4) is 0 Å². The van der Waals surface area contributed by atoms with Gasteiger partial charge in [-0.1, -0.05) is 35.9 Å². The molecule has 0 saturated carbocycles. The summed E-state index contributed by atoms with van der Waals surface area (Å²) in [5.74, 6) is -0.0730. The summed E-state index contributed by atoms with van der Waals surface area (Å²) in [5, 5.41) is 0.674. The second-order valence-electron chi connectivity index (χ2n) is 6.18. The quantitative estimate of drug-likeness (QED) is 0.854. The topological polar surface area (TPSA) is 66.6 Å². The van der Waals surface area contributed by atoms with Gasteiger partial charge in [0.15, 0.2) is 0 Å². The maximum atomic E-state index is 12.4. The molecule has 1 aliphatic heterocycles. The summed E-state index contributed by atoms with van der Waals surface area (Å²) in [6, 6.07) is 14.7. The number of piperazine rings is 1. The van der Waals surface area contributed by atoms with Crippen LogP contribution in [0.5, 0.6) is 0 Å². The zero-order valence-electron chi connectivity index (χ0n) is 13.8. The van der Waals surface area contributed by atoms with Gasteiger partial charge in [0.25, 0.3) is 0 Å². The number of rotatable bonds is 4. The lowest BCUT2D eigenvalue weighted by Crippen LogP contribution is -2.52. The lowest BCUT2D eigenvalue weighted by atomic mass is 10.1. The number of halogens is 1. The molecule has 0 spiro atoms. The van der Waals surface area contributed by atoms with E-state index in [1.54, 1.807) is 21.9 Å². The first kappa shape index (κ1) is 17.3. The standard InChI is InChI=1S/C19H20ClN3O2/c20-16-5-1-15(2-6-16)12-22-9-10-23(13-19(22)25)18(24)11-14-3-7-17(21)8-4-14/h1-8H,9-13,21H2. The minimum Gasteiger partial charge on any atom is -0.399 e. The Kier molecular flexibility index (Phi) is 5.24. The van der Waals surface area contributed by atoms with Crippen LogP contribution in [0, 0.1) is 0 Å². The molecule has 0 bridgehead atoms. The molecule has 0 unspecified atom stereocenters. The van der Waals surface area contributed by atoms with E-state index in [0.29, 0.717) is 30.3 Å². The molecule has 1 saturated heterocycles. The van der Waals surface area contributed by atoms with Crippen molar-refractivity contribution in [2.45, 2.75) is 13.0 Å². The third kappa shape index (κ3) is 4.51. The maximum absolute atomic E-state index is 12.4. The van der Waals surface area contributed by atoms with Crippen LogP contribution in [0.4, 0.5) is 5.69 Å². The molecule has 2 aromatic rings. The monoisotopic (exact) mass is 357 g/mol. The first-order chi connectivity index (χ1) is 12.0. The third-order valence-electron chi connectivity index (χ3n) is 4.29. The first-order valence-electron chi connectivity index (χ1n) is 8.15. The SMILES string of the molecule is Nc1ccc(CC(=O)N2CCN(Cc3ccc(Cl)cc3)C(=O)C2)cc1. The van der Waals surface area contributed by atoms with Crippen molar-refractivity contribution in [2.24, 2.45) is 0 Å². The molecule has 1 aliphatic rings. The van der Waals surface area contributed by atoms with Crippen LogP contribution in [-0.2, 0) is 22.6 Å². The number of hydrogen-bond acceptors (Lipinski definition) is 3. The Morgan fingerprint density at radius 3 is 2.28 bits per heavy atom. The summed E-state index contributed by atoms with van der Waals surface area (Å²) in [6.45, 7) is 1.75. The van der Waals surface area contributed by atoms with E-state index in [1.807, 2.05) is 36.4 Å². The average Bonchev–Trinajstić information content (AvgIpc) is 2.60. The van der Waals surface area contributed by atoms with Gasteiger partial charge in [0.1, 0.15) is 0 Å². The van der Waals surface area contributed by atoms with Gasteiger partial charge in [-0.15, -0.1) is 0 Å². The van der Waals surface area contributed by atoms with E-state index in [1.165, 1.54) is 0 Å². The smallest absolute Gasteiger partial charge is 0.242 e. The van der Waals surface area contributed by atoms with E-state index in [0.717, 1.165) is 11.1 Å². The van der Waals surface area contributed by atoms with Crippen molar-refractivity contribution < 1.29 is 9.59 Å². The van der Waals surface area contributed by atoms with Crippen LogP contribution in [-0.4, -0.2) is 41.2 Å². The van der Waals surface area contributed by atoms with Crippen LogP contribution in [0.1, 0.15) is 11.1 Å². The maximum Gasteiger partial charge on any atom is 0.242 e. The Bertz CT molecular complexity index is 759. The predicted molar refractivity (Wildman–Crippen MR) is 98.0 cm³/mol. The lowest BCUT2D eigenvalue weighted by Gasteiger charge is -2.34. The van der Waals surface area contributed by atoms with Crippen LogP contribution < -0.4 is 5.73 Å². The molecule has 0 radical (unpaired) electrons. The van der Waals surface area contributed by atoms with E-state index < -0.39 is 0 Å². The zero-order chi connectivity index (χ0) is 17.8. The highest BCUT2D eigenvalue weighted by atomic mass is 35.5. The van der Waals surface area contributed by atoms with Gasteiger partial charge >= 0.3 is 0 Å². The molecule has 0 aromatic heterocycles. The Hall–Kier alpha value is -2.53. The van der Waals surface area contributed by atoms with Crippen molar-refractivity contribution in [1.82, 2.24) is 9.80 Å². The second kappa shape index (κ2) is 7.57. The number of benzene rings is 2. The van der Waals surface area contributed by atoms with Crippen LogP contribution >= 0.6 is 11.6 Å². The zero-order valence-corrected chi connectivity index (χ0v) is 14.6. The second-order valence-corrected chi connectivity index (χ2v) is 6.61. The molecule has 25 heavy (non-hydrogen) atoms. The van der Waals surface area contributed by atoms with Crippen molar-refractivity contribution in [1.29, 1.82) is 0 Å². The van der Waals surface area contributed by atoms with Crippen LogP contribution in [0.25, 0.3) is 0 Å². The molecule has 1 heterocycles. The highest BCUT2D eigenvalue weighted by molar-refractivity contribution is 6.30. The summed E-state index contributed by atoms with van der Waals surface area (Å²) < 4.78 is 0. The average molecular weight is 358 g/mol. The number of anilines is 1. The summed E-state index contributed by atoms with van der Waals surface area (Å²) in [5.41, 5.74) is 8.25. The van der Waals surface area contributed by atoms with Gasteiger partial charge in [0.05, 0.1) is 13.0 Å². The summed E-state index contributed by atoms with van der Waals surface area (Å²) >= 11 is 5.88. The molecule has 3 rings (SSSR count). The normalized spacial score (nSPS) is 14.7. The van der Waals surface area contributed by atoms with Crippen molar-refractivity contribution in [2.75, 3.05) is 25.4 Å². The van der Waals surface area contributed by atoms with Crippen LogP contribution in [0.2, 0.25) is 5.02 Å². The molecular weight excluding hydrogens is 338 g/mol. The number of nitrogen functional groups attached to an aromatic ring is 1. The highest BCUT2D eigenvalue weighted by Gasteiger charge is 2.27. The van der Waals surface area contributed by atoms with E-state index in [-0.39, 0.29) is 24.8 Å². The van der Waals surface area contributed by atoms with Crippen molar-refractivity contribution >= 4 is 29.1 Å². The van der Waals surface area contributed by atoms with Gasteiger partial charge in [-0.05, 0) is 35.4 Å². The predicted octanol–water partition coefficient (Wildman–Crippen LogP) is 2.34. The Balaban J connectivity index is 1.55. The van der Waals surface area contributed by atoms with Gasteiger partial charge in [0, 0.05) is 30.3 Å². The minimum absolute atomic E-state index is 0.0353. The van der Waals surface area contributed by atoms with Gasteiger partial charge in [0.2, 0.25) is 11.8 Å². The fourth-order valence-corrected chi connectivity index (χ4v) is 2.95. The largest absolute Gasteiger partial charge is 0.399 e. The molecule has 0 atom stereocenters. The number of amides is 2. The molecule has 6 heteroatoms. The molecule has 0 aliphatic carbocycles.